The quantitative estimate of drug-likeness (QED) is 0.342. The van der Waals surface area contributed by atoms with Crippen LogP contribution in [-0.2, 0) is 0 Å². The van der Waals surface area contributed by atoms with Crippen molar-refractivity contribution >= 4 is 41.2 Å². The van der Waals surface area contributed by atoms with Gasteiger partial charge in [0.1, 0.15) is 0 Å². The Hall–Kier alpha value is 0.827. The van der Waals surface area contributed by atoms with Crippen molar-refractivity contribution < 1.29 is 0 Å². The van der Waals surface area contributed by atoms with Crippen LogP contribution in [0.1, 0.15) is 0 Å². The van der Waals surface area contributed by atoms with Crippen LogP contribution in [0, 0.1) is 0 Å². The highest BCUT2D eigenvalue weighted by atomic mass is 35.7. The van der Waals surface area contributed by atoms with Crippen LogP contribution < -0.4 is 0 Å². The standard InChI is InChI=1S/C3H5Cl3Si/c4-2-1-3-7(5)6/h1,3,7H,2H2. The fourth-order valence-corrected chi connectivity index (χ4v) is 1.39. The molecule has 0 saturated carbocycles. The second-order valence-electron chi connectivity index (χ2n) is 0.917. The van der Waals surface area contributed by atoms with E-state index in [0.717, 1.165) is 0 Å². The number of halogens is 3. The Morgan fingerprint density at radius 3 is 2.14 bits per heavy atom. The van der Waals surface area contributed by atoms with E-state index in [1.807, 2.05) is 0 Å². The third-order valence-corrected chi connectivity index (χ3v) is 1.98. The number of allylic oxidation sites excluding steroid dienone is 1. The monoisotopic (exact) mass is 174 g/mol. The Labute approximate surface area is 59.1 Å². The van der Waals surface area contributed by atoms with Gasteiger partial charge in [-0.2, -0.15) is 0 Å². The van der Waals surface area contributed by atoms with Gasteiger partial charge < -0.3 is 0 Å². The van der Waals surface area contributed by atoms with Crippen LogP contribution in [0.2, 0.25) is 0 Å². The van der Waals surface area contributed by atoms with Gasteiger partial charge in [-0.05, 0) is 0 Å². The molecule has 0 rings (SSSR count). The van der Waals surface area contributed by atoms with Crippen LogP contribution in [0.15, 0.2) is 11.8 Å². The van der Waals surface area contributed by atoms with E-state index in [-0.39, 0.29) is 0 Å². The zero-order chi connectivity index (χ0) is 5.70. The van der Waals surface area contributed by atoms with Gasteiger partial charge in [0, 0.05) is 5.88 Å². The van der Waals surface area contributed by atoms with Crippen LogP contribution in [-0.4, -0.2) is 13.3 Å². The minimum atomic E-state index is -1.51. The molecular weight excluding hydrogens is 170 g/mol. The third kappa shape index (κ3) is 6.83. The van der Waals surface area contributed by atoms with Crippen LogP contribution in [0.4, 0.5) is 0 Å². The highest BCUT2D eigenvalue weighted by Gasteiger charge is 1.89. The molecule has 0 aromatic heterocycles. The number of rotatable bonds is 2. The Morgan fingerprint density at radius 2 is 2.00 bits per heavy atom. The highest BCUT2D eigenvalue weighted by Crippen LogP contribution is 1.96. The van der Waals surface area contributed by atoms with Crippen molar-refractivity contribution in [3.63, 3.8) is 0 Å². The number of alkyl halides is 1. The minimum Gasteiger partial charge on any atom is -0.145 e. The summed E-state index contributed by atoms with van der Waals surface area (Å²) in [5, 5.41) is 0. The average molecular weight is 176 g/mol. The van der Waals surface area contributed by atoms with E-state index in [9.17, 15) is 0 Å². The maximum absolute atomic E-state index is 5.42. The van der Waals surface area contributed by atoms with Crippen molar-refractivity contribution in [2.24, 2.45) is 0 Å². The van der Waals surface area contributed by atoms with Crippen LogP contribution >= 0.6 is 33.8 Å². The molecule has 0 fully saturated rings. The van der Waals surface area contributed by atoms with E-state index in [0.29, 0.717) is 5.88 Å². The van der Waals surface area contributed by atoms with E-state index >= 15 is 0 Å². The zero-order valence-electron chi connectivity index (χ0n) is 3.57. The molecule has 0 atom stereocenters. The summed E-state index contributed by atoms with van der Waals surface area (Å²) in [6.07, 6.45) is 1.76. The molecule has 0 N–H and O–H groups in total. The van der Waals surface area contributed by atoms with E-state index in [1.165, 1.54) is 0 Å². The molecule has 0 aromatic rings. The first-order valence-electron chi connectivity index (χ1n) is 1.78. The van der Waals surface area contributed by atoms with Crippen molar-refractivity contribution in [3.8, 4) is 0 Å². The van der Waals surface area contributed by atoms with Gasteiger partial charge in [-0.25, -0.2) is 0 Å². The van der Waals surface area contributed by atoms with Crippen molar-refractivity contribution in [2.45, 2.75) is 0 Å². The molecule has 0 amide bonds. The molecule has 0 heterocycles. The van der Waals surface area contributed by atoms with Gasteiger partial charge >= 0.3 is 0 Å². The Morgan fingerprint density at radius 1 is 1.43 bits per heavy atom. The summed E-state index contributed by atoms with van der Waals surface area (Å²) >= 11 is 16.1. The molecule has 0 saturated heterocycles. The van der Waals surface area contributed by atoms with Crippen molar-refractivity contribution in [1.29, 1.82) is 0 Å². The maximum atomic E-state index is 5.42. The Balaban J connectivity index is 3.08. The molecule has 0 radical (unpaired) electrons. The van der Waals surface area contributed by atoms with Crippen molar-refractivity contribution in [1.82, 2.24) is 0 Å². The van der Waals surface area contributed by atoms with Gasteiger partial charge in [-0.1, -0.05) is 11.8 Å². The van der Waals surface area contributed by atoms with E-state index in [2.05, 4.69) is 0 Å². The van der Waals surface area contributed by atoms with Crippen LogP contribution in [0.5, 0.6) is 0 Å². The number of hydrogen-bond acceptors (Lipinski definition) is 0. The first kappa shape index (κ1) is 7.83. The topological polar surface area (TPSA) is 0 Å². The van der Waals surface area contributed by atoms with E-state index in [1.54, 1.807) is 11.8 Å². The normalized spacial score (nSPS) is 11.4. The van der Waals surface area contributed by atoms with Gasteiger partial charge in [-0.15, -0.1) is 33.8 Å². The predicted molar refractivity (Wildman–Crippen MR) is 38.7 cm³/mol. The third-order valence-electron chi connectivity index (χ3n) is 0.371. The molecule has 0 unspecified atom stereocenters. The first-order valence-corrected chi connectivity index (χ1v) is 6.47. The van der Waals surface area contributed by atoms with Gasteiger partial charge in [-0.3, -0.25) is 0 Å². The lowest BCUT2D eigenvalue weighted by atomic mass is 10.8. The maximum Gasteiger partial charge on any atom is 0.259 e. The largest absolute Gasteiger partial charge is 0.259 e. The lowest BCUT2D eigenvalue weighted by Crippen LogP contribution is -1.82. The average Bonchev–Trinajstić information content (AvgIpc) is 1.61. The Kier molecular flexibility index (Phi) is 5.56. The van der Waals surface area contributed by atoms with Crippen LogP contribution in [0.3, 0.4) is 0 Å². The van der Waals surface area contributed by atoms with E-state index < -0.39 is 7.42 Å². The molecule has 0 nitrogen and oxygen atoms in total. The Bertz CT molecular complexity index is 61.2. The minimum absolute atomic E-state index is 0.503. The fourth-order valence-electron chi connectivity index (χ4n) is 0.154. The summed E-state index contributed by atoms with van der Waals surface area (Å²) in [6, 6.07) is 0. The molecular formula is C3H5Cl3Si. The van der Waals surface area contributed by atoms with Crippen LogP contribution in [0.25, 0.3) is 0 Å². The van der Waals surface area contributed by atoms with Gasteiger partial charge in [0.2, 0.25) is 0 Å². The molecule has 0 aliphatic rings. The summed E-state index contributed by atoms with van der Waals surface area (Å²) < 4.78 is 0. The van der Waals surface area contributed by atoms with Crippen molar-refractivity contribution in [3.05, 3.63) is 11.8 Å². The first-order chi connectivity index (χ1) is 3.27. The summed E-state index contributed by atoms with van der Waals surface area (Å²) in [5.41, 5.74) is 1.76. The SMILES string of the molecule is ClCC=C[SiH](Cl)Cl. The summed E-state index contributed by atoms with van der Waals surface area (Å²) in [7, 11) is -1.51. The summed E-state index contributed by atoms with van der Waals surface area (Å²) in [4.78, 5) is 0. The summed E-state index contributed by atoms with van der Waals surface area (Å²) in [6.45, 7) is 0. The second-order valence-corrected chi connectivity index (χ2v) is 5.77. The van der Waals surface area contributed by atoms with Gasteiger partial charge in [0.25, 0.3) is 7.42 Å². The molecule has 4 heteroatoms. The molecule has 0 aliphatic heterocycles. The molecule has 0 aromatic carbocycles. The number of hydrogen-bond donors (Lipinski definition) is 0. The van der Waals surface area contributed by atoms with E-state index in [4.69, 9.17) is 33.8 Å². The highest BCUT2D eigenvalue weighted by molar-refractivity contribution is 7.36. The molecule has 0 bridgehead atoms. The summed E-state index contributed by atoms with van der Waals surface area (Å²) in [5.74, 6) is 0.503. The predicted octanol–water partition coefficient (Wildman–Crippen LogP) is 2.02. The molecule has 0 aliphatic carbocycles. The molecule has 7 heavy (non-hydrogen) atoms. The molecule has 0 spiro atoms. The molecule has 42 valence electrons. The fraction of sp³-hybridized carbons (Fsp3) is 0.333. The lowest BCUT2D eigenvalue weighted by molar-refractivity contribution is 1.78. The van der Waals surface area contributed by atoms with Gasteiger partial charge in [0.15, 0.2) is 0 Å². The smallest absolute Gasteiger partial charge is 0.145 e. The zero-order valence-corrected chi connectivity index (χ0v) is 7.00. The lowest BCUT2D eigenvalue weighted by Gasteiger charge is -1.80. The second kappa shape index (κ2) is 4.97. The van der Waals surface area contributed by atoms with Gasteiger partial charge in [0.05, 0.1) is 0 Å². The van der Waals surface area contributed by atoms with Crippen molar-refractivity contribution in [2.75, 3.05) is 5.88 Å².